The standard InChI is InChI=1S/C11H24N2O2/c1-10(9-14)5-4-8-13-11(15)6-2-3-7-12/h10,14H,2-9,12H2,1H3,(H,13,15). The molecule has 4 heteroatoms. The number of hydrogen-bond donors (Lipinski definition) is 3. The van der Waals surface area contributed by atoms with Crippen molar-refractivity contribution in [3.63, 3.8) is 0 Å². The third kappa shape index (κ3) is 9.69. The number of hydrogen-bond acceptors (Lipinski definition) is 3. The van der Waals surface area contributed by atoms with Gasteiger partial charge in [-0.1, -0.05) is 6.92 Å². The first-order chi connectivity index (χ1) is 7.20. The van der Waals surface area contributed by atoms with Crippen molar-refractivity contribution >= 4 is 5.91 Å². The number of aliphatic hydroxyl groups excluding tert-OH is 1. The van der Waals surface area contributed by atoms with Gasteiger partial charge in [0.25, 0.3) is 0 Å². The molecule has 0 aromatic rings. The molecule has 0 spiro atoms. The lowest BCUT2D eigenvalue weighted by Gasteiger charge is -2.08. The van der Waals surface area contributed by atoms with Gasteiger partial charge in [0.15, 0.2) is 0 Å². The molecular formula is C11H24N2O2. The third-order valence-electron chi connectivity index (χ3n) is 2.37. The van der Waals surface area contributed by atoms with Crippen molar-refractivity contribution in [2.45, 2.75) is 39.0 Å². The second kappa shape index (κ2) is 9.93. The maximum Gasteiger partial charge on any atom is 0.219 e. The smallest absolute Gasteiger partial charge is 0.219 e. The summed E-state index contributed by atoms with van der Waals surface area (Å²) in [6.07, 6.45) is 4.25. The molecule has 4 N–H and O–H groups in total. The van der Waals surface area contributed by atoms with Crippen LogP contribution < -0.4 is 11.1 Å². The van der Waals surface area contributed by atoms with Crippen LogP contribution in [-0.2, 0) is 4.79 Å². The monoisotopic (exact) mass is 216 g/mol. The Hall–Kier alpha value is -0.610. The minimum atomic E-state index is 0.111. The average molecular weight is 216 g/mol. The normalized spacial score (nSPS) is 12.5. The van der Waals surface area contributed by atoms with Gasteiger partial charge in [0, 0.05) is 19.6 Å². The highest BCUT2D eigenvalue weighted by atomic mass is 16.3. The lowest BCUT2D eigenvalue weighted by atomic mass is 10.1. The molecular weight excluding hydrogens is 192 g/mol. The summed E-state index contributed by atoms with van der Waals surface area (Å²) in [7, 11) is 0. The molecule has 1 amide bonds. The lowest BCUT2D eigenvalue weighted by Crippen LogP contribution is -2.24. The fraction of sp³-hybridized carbons (Fsp3) is 0.909. The van der Waals surface area contributed by atoms with Crippen molar-refractivity contribution in [2.75, 3.05) is 19.7 Å². The zero-order chi connectivity index (χ0) is 11.5. The summed E-state index contributed by atoms with van der Waals surface area (Å²) in [5.41, 5.74) is 5.33. The molecule has 0 aliphatic rings. The molecule has 90 valence electrons. The zero-order valence-corrected chi connectivity index (χ0v) is 9.67. The fourth-order valence-electron chi connectivity index (χ4n) is 1.29. The lowest BCUT2D eigenvalue weighted by molar-refractivity contribution is -0.121. The SMILES string of the molecule is CC(CO)CCCNC(=O)CCCCN. The molecule has 0 saturated heterocycles. The maximum atomic E-state index is 11.2. The Kier molecular flexibility index (Phi) is 9.52. The molecule has 0 heterocycles. The summed E-state index contributed by atoms with van der Waals surface area (Å²) in [4.78, 5) is 11.2. The molecule has 0 aromatic heterocycles. The maximum absolute atomic E-state index is 11.2. The highest BCUT2D eigenvalue weighted by molar-refractivity contribution is 5.75. The molecule has 0 saturated carbocycles. The van der Waals surface area contributed by atoms with Crippen molar-refractivity contribution in [3.8, 4) is 0 Å². The number of nitrogens with one attached hydrogen (secondary N) is 1. The van der Waals surface area contributed by atoms with Gasteiger partial charge < -0.3 is 16.2 Å². The number of amides is 1. The number of rotatable bonds is 9. The quantitative estimate of drug-likeness (QED) is 0.495. The van der Waals surface area contributed by atoms with Crippen LogP contribution in [0.15, 0.2) is 0 Å². The van der Waals surface area contributed by atoms with Crippen LogP contribution in [-0.4, -0.2) is 30.7 Å². The molecule has 0 aliphatic heterocycles. The van der Waals surface area contributed by atoms with Gasteiger partial charge in [0.1, 0.15) is 0 Å². The Morgan fingerprint density at radius 1 is 1.40 bits per heavy atom. The van der Waals surface area contributed by atoms with Crippen molar-refractivity contribution < 1.29 is 9.90 Å². The Labute approximate surface area is 92.2 Å². The number of carbonyl (C=O) groups is 1. The summed E-state index contributed by atoms with van der Waals surface area (Å²) in [5, 5.41) is 11.6. The van der Waals surface area contributed by atoms with E-state index < -0.39 is 0 Å². The Morgan fingerprint density at radius 2 is 2.13 bits per heavy atom. The highest BCUT2D eigenvalue weighted by Crippen LogP contribution is 2.02. The van der Waals surface area contributed by atoms with E-state index in [0.717, 1.165) is 25.7 Å². The minimum Gasteiger partial charge on any atom is -0.396 e. The molecule has 0 bridgehead atoms. The van der Waals surface area contributed by atoms with Gasteiger partial charge in [-0.25, -0.2) is 0 Å². The average Bonchev–Trinajstić information content (AvgIpc) is 2.24. The molecule has 0 aromatic carbocycles. The molecule has 0 fully saturated rings. The van der Waals surface area contributed by atoms with Crippen molar-refractivity contribution in [1.82, 2.24) is 5.32 Å². The Morgan fingerprint density at radius 3 is 2.73 bits per heavy atom. The highest BCUT2D eigenvalue weighted by Gasteiger charge is 2.02. The van der Waals surface area contributed by atoms with E-state index in [4.69, 9.17) is 10.8 Å². The fourth-order valence-corrected chi connectivity index (χ4v) is 1.29. The van der Waals surface area contributed by atoms with E-state index in [0.29, 0.717) is 25.4 Å². The molecule has 0 aliphatic carbocycles. The van der Waals surface area contributed by atoms with Crippen LogP contribution in [0.25, 0.3) is 0 Å². The van der Waals surface area contributed by atoms with Gasteiger partial charge in [-0.05, 0) is 38.1 Å². The van der Waals surface area contributed by atoms with E-state index in [2.05, 4.69) is 5.32 Å². The minimum absolute atomic E-state index is 0.111. The third-order valence-corrected chi connectivity index (χ3v) is 2.37. The van der Waals surface area contributed by atoms with Crippen LogP contribution in [0.3, 0.4) is 0 Å². The van der Waals surface area contributed by atoms with Crippen LogP contribution in [0.4, 0.5) is 0 Å². The molecule has 0 rings (SSSR count). The van der Waals surface area contributed by atoms with Gasteiger partial charge in [-0.3, -0.25) is 4.79 Å². The number of nitrogens with two attached hydrogens (primary N) is 1. The van der Waals surface area contributed by atoms with E-state index >= 15 is 0 Å². The van der Waals surface area contributed by atoms with Gasteiger partial charge in [0.05, 0.1) is 0 Å². The van der Waals surface area contributed by atoms with Crippen LogP contribution in [0, 0.1) is 5.92 Å². The van der Waals surface area contributed by atoms with Crippen LogP contribution in [0.2, 0.25) is 0 Å². The van der Waals surface area contributed by atoms with E-state index in [1.54, 1.807) is 0 Å². The first kappa shape index (κ1) is 14.4. The summed E-state index contributed by atoms with van der Waals surface area (Å²) in [6.45, 7) is 3.60. The predicted molar refractivity (Wildman–Crippen MR) is 61.4 cm³/mol. The van der Waals surface area contributed by atoms with Crippen molar-refractivity contribution in [3.05, 3.63) is 0 Å². The van der Waals surface area contributed by atoms with Crippen molar-refractivity contribution in [1.29, 1.82) is 0 Å². The summed E-state index contributed by atoms with van der Waals surface area (Å²) < 4.78 is 0. The number of aliphatic hydroxyl groups is 1. The Balaban J connectivity index is 3.23. The molecule has 4 nitrogen and oxygen atoms in total. The van der Waals surface area contributed by atoms with Gasteiger partial charge in [-0.2, -0.15) is 0 Å². The Bertz CT molecular complexity index is 163. The van der Waals surface area contributed by atoms with Crippen molar-refractivity contribution in [2.24, 2.45) is 11.7 Å². The topological polar surface area (TPSA) is 75.3 Å². The summed E-state index contributed by atoms with van der Waals surface area (Å²) >= 11 is 0. The number of unbranched alkanes of at least 4 members (excludes halogenated alkanes) is 1. The van der Waals surface area contributed by atoms with Gasteiger partial charge in [-0.15, -0.1) is 0 Å². The van der Waals surface area contributed by atoms with Gasteiger partial charge in [0.2, 0.25) is 5.91 Å². The predicted octanol–water partition coefficient (Wildman–Crippen LogP) is 0.640. The largest absolute Gasteiger partial charge is 0.396 e. The second-order valence-electron chi connectivity index (χ2n) is 4.03. The molecule has 1 unspecified atom stereocenters. The first-order valence-corrected chi connectivity index (χ1v) is 5.78. The van der Waals surface area contributed by atoms with Crippen LogP contribution in [0.1, 0.15) is 39.0 Å². The summed E-state index contributed by atoms with van der Waals surface area (Å²) in [5.74, 6) is 0.444. The van der Waals surface area contributed by atoms with E-state index in [1.165, 1.54) is 0 Å². The van der Waals surface area contributed by atoms with E-state index in [-0.39, 0.29) is 12.5 Å². The molecule has 1 atom stereocenters. The van der Waals surface area contributed by atoms with E-state index in [9.17, 15) is 4.79 Å². The zero-order valence-electron chi connectivity index (χ0n) is 9.67. The van der Waals surface area contributed by atoms with Crippen LogP contribution >= 0.6 is 0 Å². The second-order valence-corrected chi connectivity index (χ2v) is 4.03. The molecule has 0 radical (unpaired) electrons. The first-order valence-electron chi connectivity index (χ1n) is 5.78. The summed E-state index contributed by atoms with van der Waals surface area (Å²) in [6, 6.07) is 0. The number of carbonyl (C=O) groups excluding carboxylic acids is 1. The molecule has 15 heavy (non-hydrogen) atoms. The van der Waals surface area contributed by atoms with E-state index in [1.807, 2.05) is 6.92 Å². The van der Waals surface area contributed by atoms with Gasteiger partial charge >= 0.3 is 0 Å². The van der Waals surface area contributed by atoms with Crippen LogP contribution in [0.5, 0.6) is 0 Å².